The summed E-state index contributed by atoms with van der Waals surface area (Å²) in [5.41, 5.74) is 2.48. The van der Waals surface area contributed by atoms with Gasteiger partial charge in [-0.1, -0.05) is 13.8 Å². The van der Waals surface area contributed by atoms with Gasteiger partial charge in [-0.25, -0.2) is 0 Å². The fraction of sp³-hybridized carbons (Fsp3) is 0.812. The summed E-state index contributed by atoms with van der Waals surface area (Å²) in [5.74, 6) is 0.746. The lowest BCUT2D eigenvalue weighted by atomic mass is 9.99. The van der Waals surface area contributed by atoms with Crippen LogP contribution in [0.3, 0.4) is 0 Å². The average Bonchev–Trinajstić information content (AvgIpc) is 2.72. The summed E-state index contributed by atoms with van der Waals surface area (Å²) in [6.45, 7) is 15.4. The van der Waals surface area contributed by atoms with Gasteiger partial charge in [0, 0.05) is 38.3 Å². The van der Waals surface area contributed by atoms with Gasteiger partial charge in [0.2, 0.25) is 0 Å². The number of piperazine rings is 1. The van der Waals surface area contributed by atoms with E-state index in [0.29, 0.717) is 12.1 Å². The lowest BCUT2D eigenvalue weighted by molar-refractivity contribution is 0.108. The number of hydrogen-bond donors (Lipinski definition) is 1. The van der Waals surface area contributed by atoms with Crippen LogP contribution >= 0.6 is 0 Å². The van der Waals surface area contributed by atoms with Crippen LogP contribution in [0.25, 0.3) is 0 Å². The van der Waals surface area contributed by atoms with Gasteiger partial charge >= 0.3 is 0 Å². The molecule has 0 spiro atoms. The Morgan fingerprint density at radius 3 is 2.85 bits per heavy atom. The van der Waals surface area contributed by atoms with Crippen LogP contribution in [0.1, 0.15) is 45.5 Å². The van der Waals surface area contributed by atoms with Crippen LogP contribution in [-0.4, -0.2) is 39.9 Å². The maximum absolute atomic E-state index is 4.57. The van der Waals surface area contributed by atoms with E-state index in [1.54, 1.807) is 0 Å². The standard InChI is InChI=1S/C16H30N4/c1-6-20-16(8-13(4)18-20)11-19-10-14(5)17-9-15(19)7-12(2)3/h8,12,14-15,17H,6-7,9-11H2,1-5H3. The molecule has 1 aliphatic heterocycles. The SMILES string of the molecule is CCn1nc(C)cc1CN1CC(C)NCC1CC(C)C. The minimum atomic E-state index is 0.581. The second-order valence-electron chi connectivity index (χ2n) is 6.61. The van der Waals surface area contributed by atoms with Gasteiger partial charge in [0.05, 0.1) is 11.4 Å². The third-order valence-corrected chi connectivity index (χ3v) is 4.12. The second-order valence-corrected chi connectivity index (χ2v) is 6.61. The molecule has 0 radical (unpaired) electrons. The molecule has 1 aromatic heterocycles. The molecule has 0 saturated carbocycles. The zero-order chi connectivity index (χ0) is 14.7. The Morgan fingerprint density at radius 2 is 2.20 bits per heavy atom. The summed E-state index contributed by atoms with van der Waals surface area (Å²) in [4.78, 5) is 2.64. The molecule has 2 atom stereocenters. The summed E-state index contributed by atoms with van der Waals surface area (Å²) in [6.07, 6.45) is 1.26. The Hall–Kier alpha value is -0.870. The average molecular weight is 278 g/mol. The zero-order valence-corrected chi connectivity index (χ0v) is 13.7. The first-order chi connectivity index (χ1) is 9.49. The molecule has 2 heterocycles. The van der Waals surface area contributed by atoms with E-state index in [4.69, 9.17) is 0 Å². The smallest absolute Gasteiger partial charge is 0.0597 e. The van der Waals surface area contributed by atoms with Crippen molar-refractivity contribution in [2.45, 2.75) is 66.2 Å². The predicted octanol–water partition coefficient (Wildman–Crippen LogP) is 2.42. The minimum absolute atomic E-state index is 0.581. The Balaban J connectivity index is 2.10. The molecule has 20 heavy (non-hydrogen) atoms. The predicted molar refractivity (Wildman–Crippen MR) is 83.8 cm³/mol. The lowest BCUT2D eigenvalue weighted by Crippen LogP contribution is -2.55. The zero-order valence-electron chi connectivity index (χ0n) is 13.7. The van der Waals surface area contributed by atoms with Crippen molar-refractivity contribution in [3.8, 4) is 0 Å². The van der Waals surface area contributed by atoms with Crippen molar-refractivity contribution in [1.29, 1.82) is 0 Å². The maximum atomic E-state index is 4.57. The van der Waals surface area contributed by atoms with Gasteiger partial charge in [-0.3, -0.25) is 9.58 Å². The van der Waals surface area contributed by atoms with Gasteiger partial charge in [-0.15, -0.1) is 0 Å². The monoisotopic (exact) mass is 278 g/mol. The number of aryl methyl sites for hydroxylation is 2. The number of nitrogens with zero attached hydrogens (tertiary/aromatic N) is 3. The van der Waals surface area contributed by atoms with Crippen molar-refractivity contribution in [2.75, 3.05) is 13.1 Å². The van der Waals surface area contributed by atoms with Crippen molar-refractivity contribution in [2.24, 2.45) is 5.92 Å². The first kappa shape index (κ1) is 15.5. The van der Waals surface area contributed by atoms with Crippen LogP contribution in [0, 0.1) is 12.8 Å². The van der Waals surface area contributed by atoms with E-state index in [1.165, 1.54) is 12.1 Å². The van der Waals surface area contributed by atoms with Crippen molar-refractivity contribution < 1.29 is 0 Å². The van der Waals surface area contributed by atoms with Crippen LogP contribution < -0.4 is 5.32 Å². The number of nitrogens with one attached hydrogen (secondary N) is 1. The highest BCUT2D eigenvalue weighted by molar-refractivity contribution is 5.09. The van der Waals surface area contributed by atoms with E-state index < -0.39 is 0 Å². The normalized spacial score (nSPS) is 24.5. The van der Waals surface area contributed by atoms with Gasteiger partial charge in [0.25, 0.3) is 0 Å². The highest BCUT2D eigenvalue weighted by atomic mass is 15.3. The van der Waals surface area contributed by atoms with E-state index in [9.17, 15) is 0 Å². The molecule has 1 N–H and O–H groups in total. The second kappa shape index (κ2) is 6.72. The van der Waals surface area contributed by atoms with Crippen LogP contribution in [-0.2, 0) is 13.1 Å². The molecule has 114 valence electrons. The first-order valence-corrected chi connectivity index (χ1v) is 8.00. The molecule has 2 rings (SSSR count). The van der Waals surface area contributed by atoms with Gasteiger partial charge in [0.1, 0.15) is 0 Å². The summed E-state index contributed by atoms with van der Waals surface area (Å²) < 4.78 is 2.15. The minimum Gasteiger partial charge on any atom is -0.311 e. The quantitative estimate of drug-likeness (QED) is 0.898. The Morgan fingerprint density at radius 1 is 1.45 bits per heavy atom. The number of hydrogen-bond acceptors (Lipinski definition) is 3. The molecule has 1 aliphatic rings. The molecule has 0 aliphatic carbocycles. The number of aromatic nitrogens is 2. The van der Waals surface area contributed by atoms with E-state index >= 15 is 0 Å². The van der Waals surface area contributed by atoms with Gasteiger partial charge < -0.3 is 5.32 Å². The topological polar surface area (TPSA) is 33.1 Å². The summed E-state index contributed by atoms with van der Waals surface area (Å²) in [5, 5.41) is 8.20. The highest BCUT2D eigenvalue weighted by Crippen LogP contribution is 2.19. The summed E-state index contributed by atoms with van der Waals surface area (Å²) in [6, 6.07) is 3.46. The van der Waals surface area contributed by atoms with Gasteiger partial charge in [0.15, 0.2) is 0 Å². The highest BCUT2D eigenvalue weighted by Gasteiger charge is 2.27. The molecule has 1 aromatic rings. The molecule has 0 bridgehead atoms. The fourth-order valence-electron chi connectivity index (χ4n) is 3.21. The van der Waals surface area contributed by atoms with Crippen LogP contribution in [0.15, 0.2) is 6.07 Å². The van der Waals surface area contributed by atoms with E-state index in [1.807, 2.05) is 0 Å². The van der Waals surface area contributed by atoms with Crippen LogP contribution in [0.4, 0.5) is 0 Å². The van der Waals surface area contributed by atoms with Crippen LogP contribution in [0.5, 0.6) is 0 Å². The Kier molecular flexibility index (Phi) is 5.22. The fourth-order valence-corrected chi connectivity index (χ4v) is 3.21. The Labute approximate surface area is 123 Å². The van der Waals surface area contributed by atoms with Crippen molar-refractivity contribution in [3.63, 3.8) is 0 Å². The third-order valence-electron chi connectivity index (χ3n) is 4.12. The van der Waals surface area contributed by atoms with Gasteiger partial charge in [-0.05, 0) is 39.2 Å². The molecular weight excluding hydrogens is 248 g/mol. The lowest BCUT2D eigenvalue weighted by Gasteiger charge is -2.40. The van der Waals surface area contributed by atoms with Crippen molar-refractivity contribution in [1.82, 2.24) is 20.0 Å². The Bertz CT molecular complexity index is 424. The molecule has 2 unspecified atom stereocenters. The van der Waals surface area contributed by atoms with E-state index in [-0.39, 0.29) is 0 Å². The molecule has 4 heteroatoms. The molecular formula is C16H30N4. The summed E-state index contributed by atoms with van der Waals surface area (Å²) in [7, 11) is 0. The maximum Gasteiger partial charge on any atom is 0.0597 e. The van der Waals surface area contributed by atoms with Crippen LogP contribution in [0.2, 0.25) is 0 Å². The molecule has 1 saturated heterocycles. The summed E-state index contributed by atoms with van der Waals surface area (Å²) >= 11 is 0. The molecule has 1 fully saturated rings. The largest absolute Gasteiger partial charge is 0.311 e. The first-order valence-electron chi connectivity index (χ1n) is 8.00. The van der Waals surface area contributed by atoms with Gasteiger partial charge in [-0.2, -0.15) is 5.10 Å². The third kappa shape index (κ3) is 3.83. The molecule has 4 nitrogen and oxygen atoms in total. The molecule has 0 aromatic carbocycles. The molecule has 0 amide bonds. The van der Waals surface area contributed by atoms with Crippen molar-refractivity contribution in [3.05, 3.63) is 17.5 Å². The number of rotatable bonds is 5. The van der Waals surface area contributed by atoms with E-state index in [0.717, 1.165) is 37.8 Å². The van der Waals surface area contributed by atoms with E-state index in [2.05, 4.69) is 60.7 Å². The van der Waals surface area contributed by atoms with Crippen molar-refractivity contribution >= 4 is 0 Å².